The second kappa shape index (κ2) is 5.15. The molecule has 2 fully saturated rings. The van der Waals surface area contributed by atoms with Gasteiger partial charge in [0.25, 0.3) is 0 Å². The lowest BCUT2D eigenvalue weighted by Crippen LogP contribution is -2.36. The van der Waals surface area contributed by atoms with E-state index in [0.717, 1.165) is 0 Å². The van der Waals surface area contributed by atoms with E-state index in [9.17, 15) is 15.3 Å². The van der Waals surface area contributed by atoms with Crippen molar-refractivity contribution in [2.45, 2.75) is 43.0 Å². The minimum Gasteiger partial charge on any atom is -0.394 e. The summed E-state index contributed by atoms with van der Waals surface area (Å²) in [5.74, 6) is 0. The summed E-state index contributed by atoms with van der Waals surface area (Å²) < 4.78 is 10.5. The van der Waals surface area contributed by atoms with Gasteiger partial charge in [-0.1, -0.05) is 0 Å². The molecule has 5 N–H and O–H groups in total. The van der Waals surface area contributed by atoms with Crippen LogP contribution in [0.2, 0.25) is 0 Å². The normalized spacial score (nSPS) is 47.8. The summed E-state index contributed by atoms with van der Waals surface area (Å²) >= 11 is 0. The third-order valence-electron chi connectivity index (χ3n) is 3.18. The Morgan fingerprint density at radius 1 is 1.00 bits per heavy atom. The minimum absolute atomic E-state index is 0.137. The molecule has 2 rings (SSSR count). The summed E-state index contributed by atoms with van der Waals surface area (Å²) in [7, 11) is 0. The highest BCUT2D eigenvalue weighted by molar-refractivity contribution is 5.07. The highest BCUT2D eigenvalue weighted by Gasteiger charge is 2.50. The van der Waals surface area contributed by atoms with Gasteiger partial charge in [0.1, 0.15) is 36.6 Å². The molecule has 7 nitrogen and oxygen atoms in total. The zero-order valence-electron chi connectivity index (χ0n) is 9.14. The molecule has 1 unspecified atom stereocenters. The molecule has 0 bridgehead atoms. The predicted octanol–water partition coefficient (Wildman–Crippen LogP) is -2.86. The molecule has 0 aromatic rings. The lowest BCUT2D eigenvalue weighted by molar-refractivity contribution is -0.0624. The number of aliphatic hydroxyl groups excluding tert-OH is 5. The van der Waals surface area contributed by atoms with Crippen LogP contribution in [-0.4, -0.2) is 75.4 Å². The van der Waals surface area contributed by atoms with Gasteiger partial charge in [-0.05, 0) is 0 Å². The zero-order valence-corrected chi connectivity index (χ0v) is 9.14. The van der Waals surface area contributed by atoms with Gasteiger partial charge >= 0.3 is 0 Å². The van der Waals surface area contributed by atoms with Crippen LogP contribution in [0, 0.1) is 6.10 Å². The largest absolute Gasteiger partial charge is 0.394 e. The van der Waals surface area contributed by atoms with Gasteiger partial charge in [-0.3, -0.25) is 0 Å². The smallest absolute Gasteiger partial charge is 0.132 e. The molecule has 2 heterocycles. The van der Waals surface area contributed by atoms with Crippen LogP contribution in [0.1, 0.15) is 6.42 Å². The number of ether oxygens (including phenoxy) is 2. The van der Waals surface area contributed by atoms with Crippen LogP contribution in [0.3, 0.4) is 0 Å². The highest BCUT2D eigenvalue weighted by Crippen LogP contribution is 2.36. The van der Waals surface area contributed by atoms with Crippen molar-refractivity contribution in [1.29, 1.82) is 0 Å². The molecule has 0 amide bonds. The molecule has 0 aromatic carbocycles. The van der Waals surface area contributed by atoms with E-state index in [-0.39, 0.29) is 13.0 Å². The van der Waals surface area contributed by atoms with Crippen LogP contribution in [-0.2, 0) is 9.47 Å². The highest BCUT2D eigenvalue weighted by atomic mass is 16.6. The topological polar surface area (TPSA) is 120 Å². The maximum atomic E-state index is 9.73. The van der Waals surface area contributed by atoms with Crippen LogP contribution in [0.15, 0.2) is 0 Å². The summed E-state index contributed by atoms with van der Waals surface area (Å²) in [6.45, 7) is -0.743. The van der Waals surface area contributed by atoms with E-state index < -0.39 is 43.2 Å². The van der Waals surface area contributed by atoms with E-state index in [1.807, 2.05) is 0 Å². The molecule has 2 aliphatic rings. The van der Waals surface area contributed by atoms with E-state index in [1.54, 1.807) is 0 Å². The van der Waals surface area contributed by atoms with Crippen LogP contribution >= 0.6 is 0 Å². The summed E-state index contributed by atoms with van der Waals surface area (Å²) in [5, 5.41) is 46.7. The number of rotatable bonds is 3. The molecule has 0 aromatic heterocycles. The van der Waals surface area contributed by atoms with Gasteiger partial charge in [0.2, 0.25) is 0 Å². The van der Waals surface area contributed by atoms with Gasteiger partial charge in [-0.2, -0.15) is 0 Å². The van der Waals surface area contributed by atoms with Crippen molar-refractivity contribution < 1.29 is 35.0 Å². The van der Waals surface area contributed by atoms with Crippen LogP contribution in [0.4, 0.5) is 0 Å². The van der Waals surface area contributed by atoms with E-state index in [1.165, 1.54) is 0 Å². The van der Waals surface area contributed by atoms with Crippen molar-refractivity contribution >= 4 is 0 Å². The minimum atomic E-state index is -1.20. The third-order valence-corrected chi connectivity index (χ3v) is 3.18. The van der Waals surface area contributed by atoms with Crippen molar-refractivity contribution in [3.8, 4) is 0 Å². The van der Waals surface area contributed by atoms with Crippen molar-refractivity contribution in [2.75, 3.05) is 13.2 Å². The van der Waals surface area contributed by atoms with E-state index in [4.69, 9.17) is 19.7 Å². The van der Waals surface area contributed by atoms with Gasteiger partial charge in [0.15, 0.2) is 0 Å². The molecular weight excluding hydrogens is 232 g/mol. The van der Waals surface area contributed by atoms with E-state index in [2.05, 4.69) is 0 Å². The molecule has 2 saturated heterocycles. The molecule has 7 heteroatoms. The molecule has 1 radical (unpaired) electrons. The standard InChI is InChI=1S/C10H17O7/c11-2-6-4(13)1-5(16-6)10-9(15)8(14)7(3-12)17-10/h4,6-15H,1-3H2/t4-,6+,7+,8+,9+,10?/m0/s1. The maximum Gasteiger partial charge on any atom is 0.132 e. The Balaban J connectivity index is 2.00. The molecule has 0 aliphatic carbocycles. The van der Waals surface area contributed by atoms with Crippen molar-refractivity contribution in [3.63, 3.8) is 0 Å². The Hall–Kier alpha value is -0.280. The zero-order chi connectivity index (χ0) is 12.6. The number of hydrogen-bond donors (Lipinski definition) is 5. The first-order valence-corrected chi connectivity index (χ1v) is 5.52. The molecule has 2 aliphatic heterocycles. The molecule has 6 atom stereocenters. The van der Waals surface area contributed by atoms with Crippen molar-refractivity contribution in [3.05, 3.63) is 6.10 Å². The summed E-state index contributed by atoms with van der Waals surface area (Å²) in [6.07, 6.45) is -5.29. The maximum absolute atomic E-state index is 9.73. The second-order valence-electron chi connectivity index (χ2n) is 4.34. The quantitative estimate of drug-likeness (QED) is 0.365. The van der Waals surface area contributed by atoms with Gasteiger partial charge in [0.05, 0.1) is 19.3 Å². The fourth-order valence-corrected chi connectivity index (χ4v) is 2.17. The van der Waals surface area contributed by atoms with E-state index >= 15 is 0 Å². The molecule has 17 heavy (non-hydrogen) atoms. The second-order valence-corrected chi connectivity index (χ2v) is 4.34. The van der Waals surface area contributed by atoms with Crippen molar-refractivity contribution in [1.82, 2.24) is 0 Å². The SMILES string of the molecule is OC[C@H]1OC([C]2C[C@H](O)[C@@H](CO)O2)[C@H](O)[C@@H]1O. The Kier molecular flexibility index (Phi) is 3.99. The predicted molar refractivity (Wildman–Crippen MR) is 53.6 cm³/mol. The van der Waals surface area contributed by atoms with Gasteiger partial charge in [-0.15, -0.1) is 0 Å². The Labute approximate surface area is 98.2 Å². The van der Waals surface area contributed by atoms with Gasteiger partial charge in [0, 0.05) is 6.42 Å². The third kappa shape index (κ3) is 2.32. The lowest BCUT2D eigenvalue weighted by Gasteiger charge is -2.20. The molecular formula is C10H17O7. The summed E-state index contributed by atoms with van der Waals surface area (Å²) in [6, 6.07) is 0. The van der Waals surface area contributed by atoms with Crippen LogP contribution in [0.5, 0.6) is 0 Å². The fourth-order valence-electron chi connectivity index (χ4n) is 2.17. The van der Waals surface area contributed by atoms with Gasteiger partial charge < -0.3 is 35.0 Å². The summed E-state index contributed by atoms with van der Waals surface area (Å²) in [5.41, 5.74) is 0. The van der Waals surface area contributed by atoms with Crippen LogP contribution in [0.25, 0.3) is 0 Å². The van der Waals surface area contributed by atoms with Crippen molar-refractivity contribution in [2.24, 2.45) is 0 Å². The first-order valence-electron chi connectivity index (χ1n) is 5.52. The first-order chi connectivity index (χ1) is 8.08. The monoisotopic (exact) mass is 249 g/mol. The average Bonchev–Trinajstić information content (AvgIpc) is 2.82. The first kappa shape index (κ1) is 13.2. The van der Waals surface area contributed by atoms with Crippen LogP contribution < -0.4 is 0 Å². The molecule has 0 spiro atoms. The van der Waals surface area contributed by atoms with Gasteiger partial charge in [-0.25, -0.2) is 0 Å². The number of aliphatic hydroxyl groups is 5. The fraction of sp³-hybridized carbons (Fsp3) is 0.900. The van der Waals surface area contributed by atoms with E-state index in [0.29, 0.717) is 6.10 Å². The molecule has 0 saturated carbocycles. The Morgan fingerprint density at radius 2 is 1.65 bits per heavy atom. The average molecular weight is 249 g/mol. The molecule has 99 valence electrons. The lowest BCUT2D eigenvalue weighted by atomic mass is 10.0. The Bertz CT molecular complexity index is 261. The summed E-state index contributed by atoms with van der Waals surface area (Å²) in [4.78, 5) is 0. The number of hydrogen-bond acceptors (Lipinski definition) is 7. The Morgan fingerprint density at radius 3 is 2.12 bits per heavy atom.